The van der Waals surface area contributed by atoms with Gasteiger partial charge >= 0.3 is 11.9 Å². The molecule has 1 atom stereocenters. The van der Waals surface area contributed by atoms with Crippen LogP contribution in [0.4, 0.5) is 0 Å². The van der Waals surface area contributed by atoms with Gasteiger partial charge in [-0.15, -0.1) is 10.2 Å². The fourth-order valence-electron chi connectivity index (χ4n) is 2.24. The van der Waals surface area contributed by atoms with Gasteiger partial charge in [-0.25, -0.2) is 4.79 Å². The maximum atomic E-state index is 12.4. The average molecular weight is 378 g/mol. The maximum Gasteiger partial charge on any atom is 0.369 e. The number of rotatable bonds is 7. The Kier molecular flexibility index (Phi) is 6.21. The van der Waals surface area contributed by atoms with E-state index in [1.54, 1.807) is 6.92 Å². The van der Waals surface area contributed by atoms with Gasteiger partial charge in [-0.05, 0) is 19.8 Å². The molecule has 0 unspecified atom stereocenters. The van der Waals surface area contributed by atoms with E-state index in [4.69, 9.17) is 4.74 Å². The molecular formula is C12H18N4O6S2. The van der Waals surface area contributed by atoms with Crippen molar-refractivity contribution in [3.8, 4) is 0 Å². The van der Waals surface area contributed by atoms with Crippen LogP contribution in [-0.2, 0) is 31.0 Å². The molecule has 2 rings (SSSR count). The van der Waals surface area contributed by atoms with Crippen molar-refractivity contribution < 1.29 is 27.5 Å². The van der Waals surface area contributed by atoms with Crippen LogP contribution in [-0.4, -0.2) is 61.2 Å². The first-order chi connectivity index (χ1) is 11.4. The molecule has 0 aromatic carbocycles. The van der Waals surface area contributed by atoms with Crippen LogP contribution in [0.2, 0.25) is 0 Å². The zero-order chi connectivity index (χ0) is 17.7. The van der Waals surface area contributed by atoms with Crippen molar-refractivity contribution in [1.29, 1.82) is 0 Å². The molecule has 0 aliphatic carbocycles. The Balaban J connectivity index is 2.00. The Hall–Kier alpha value is -1.63. The number of carbonyl (C=O) groups is 2. The van der Waals surface area contributed by atoms with E-state index in [1.165, 1.54) is 7.11 Å². The molecule has 1 saturated heterocycles. The Labute approximate surface area is 143 Å². The van der Waals surface area contributed by atoms with Crippen molar-refractivity contribution in [3.05, 3.63) is 10.0 Å². The standard InChI is InChI=1S/C12H18N4O6S2/c1-3-22-12(18)10-15-14-9(23-10)7-13-24(19,20)16-6-4-5-8(16)11(17)21-2/h8,13H,3-7H2,1-2H3/t8-/m0/s1. The maximum absolute atomic E-state index is 12.4. The molecule has 12 heteroatoms. The summed E-state index contributed by atoms with van der Waals surface area (Å²) in [5.74, 6) is -1.19. The largest absolute Gasteiger partial charge is 0.468 e. The van der Waals surface area contributed by atoms with Crippen molar-refractivity contribution in [3.63, 3.8) is 0 Å². The fourth-order valence-corrected chi connectivity index (χ4v) is 4.38. The number of carbonyl (C=O) groups excluding carboxylic acids is 2. The summed E-state index contributed by atoms with van der Waals surface area (Å²) in [4.78, 5) is 23.2. The third-order valence-corrected chi connectivity index (χ3v) is 5.78. The van der Waals surface area contributed by atoms with Crippen LogP contribution >= 0.6 is 11.3 Å². The van der Waals surface area contributed by atoms with E-state index < -0.39 is 28.2 Å². The van der Waals surface area contributed by atoms with E-state index >= 15 is 0 Å². The molecule has 0 radical (unpaired) electrons. The second kappa shape index (κ2) is 7.96. The lowest BCUT2D eigenvalue weighted by Crippen LogP contribution is -2.46. The highest BCUT2D eigenvalue weighted by Gasteiger charge is 2.39. The first-order valence-corrected chi connectivity index (χ1v) is 9.48. The lowest BCUT2D eigenvalue weighted by molar-refractivity contribution is -0.144. The molecule has 2 heterocycles. The van der Waals surface area contributed by atoms with Crippen LogP contribution in [0.1, 0.15) is 34.6 Å². The summed E-state index contributed by atoms with van der Waals surface area (Å²) in [7, 11) is -2.66. The molecule has 1 aromatic heterocycles. The Morgan fingerprint density at radius 3 is 2.83 bits per heavy atom. The number of hydrogen-bond donors (Lipinski definition) is 1. The second-order valence-electron chi connectivity index (χ2n) is 4.84. The molecule has 0 spiro atoms. The summed E-state index contributed by atoms with van der Waals surface area (Å²) < 4.78 is 37.6. The molecule has 0 bridgehead atoms. The number of nitrogens with one attached hydrogen (secondary N) is 1. The SMILES string of the molecule is CCOC(=O)c1nnc(CNS(=O)(=O)N2CCC[C@H]2C(=O)OC)s1. The van der Waals surface area contributed by atoms with Crippen molar-refractivity contribution >= 4 is 33.5 Å². The van der Waals surface area contributed by atoms with Gasteiger partial charge in [0, 0.05) is 6.54 Å². The normalized spacial score (nSPS) is 18.5. The summed E-state index contributed by atoms with van der Waals surface area (Å²) in [5, 5.41) is 7.78. The predicted molar refractivity (Wildman–Crippen MR) is 83.4 cm³/mol. The minimum atomic E-state index is -3.88. The molecule has 1 aromatic rings. The van der Waals surface area contributed by atoms with Crippen LogP contribution in [0.25, 0.3) is 0 Å². The van der Waals surface area contributed by atoms with Gasteiger partial charge in [-0.3, -0.25) is 4.79 Å². The lowest BCUT2D eigenvalue weighted by atomic mass is 10.2. The number of aromatic nitrogens is 2. The molecule has 1 fully saturated rings. The summed E-state index contributed by atoms with van der Waals surface area (Å²) in [6.07, 6.45) is 0.992. The quantitative estimate of drug-likeness (QED) is 0.640. The third kappa shape index (κ3) is 4.26. The molecule has 1 aliphatic heterocycles. The van der Waals surface area contributed by atoms with Crippen LogP contribution in [0.3, 0.4) is 0 Å². The van der Waals surface area contributed by atoms with Crippen molar-refractivity contribution in [2.75, 3.05) is 20.3 Å². The van der Waals surface area contributed by atoms with Crippen LogP contribution in [0.15, 0.2) is 0 Å². The molecule has 10 nitrogen and oxygen atoms in total. The minimum Gasteiger partial charge on any atom is -0.468 e. The summed E-state index contributed by atoms with van der Waals surface area (Å²) in [5.41, 5.74) is 0. The van der Waals surface area contributed by atoms with Crippen molar-refractivity contribution in [1.82, 2.24) is 19.2 Å². The highest BCUT2D eigenvalue weighted by Crippen LogP contribution is 2.21. The number of nitrogens with zero attached hydrogens (tertiary/aromatic N) is 3. The summed E-state index contributed by atoms with van der Waals surface area (Å²) >= 11 is 0.942. The van der Waals surface area contributed by atoms with Crippen LogP contribution < -0.4 is 4.72 Å². The molecule has 24 heavy (non-hydrogen) atoms. The van der Waals surface area contributed by atoms with Crippen molar-refractivity contribution in [2.45, 2.75) is 32.4 Å². The van der Waals surface area contributed by atoms with E-state index in [1.807, 2.05) is 0 Å². The van der Waals surface area contributed by atoms with Gasteiger partial charge in [0.2, 0.25) is 5.01 Å². The van der Waals surface area contributed by atoms with E-state index in [0.29, 0.717) is 17.8 Å². The second-order valence-corrected chi connectivity index (χ2v) is 7.61. The van der Waals surface area contributed by atoms with Gasteiger partial charge in [-0.1, -0.05) is 11.3 Å². The first-order valence-electron chi connectivity index (χ1n) is 7.22. The number of hydrogen-bond acceptors (Lipinski definition) is 9. The van der Waals surface area contributed by atoms with Gasteiger partial charge < -0.3 is 9.47 Å². The molecule has 0 amide bonds. The number of methoxy groups -OCH3 is 1. The number of ether oxygens (including phenoxy) is 2. The van der Waals surface area contributed by atoms with Gasteiger partial charge in [0.15, 0.2) is 0 Å². The zero-order valence-corrected chi connectivity index (χ0v) is 14.9. The Bertz CT molecular complexity index is 704. The fraction of sp³-hybridized carbons (Fsp3) is 0.667. The van der Waals surface area contributed by atoms with E-state index in [2.05, 4.69) is 19.7 Å². The Morgan fingerprint density at radius 1 is 1.42 bits per heavy atom. The minimum absolute atomic E-state index is 0.0552. The molecular weight excluding hydrogens is 360 g/mol. The molecule has 1 N–H and O–H groups in total. The summed E-state index contributed by atoms with van der Waals surface area (Å²) in [6.45, 7) is 1.98. The third-order valence-electron chi connectivity index (χ3n) is 3.31. The zero-order valence-electron chi connectivity index (χ0n) is 13.2. The van der Waals surface area contributed by atoms with Crippen molar-refractivity contribution in [2.24, 2.45) is 0 Å². The van der Waals surface area contributed by atoms with Crippen LogP contribution in [0.5, 0.6) is 0 Å². The monoisotopic (exact) mass is 378 g/mol. The highest BCUT2D eigenvalue weighted by molar-refractivity contribution is 7.87. The molecule has 0 saturated carbocycles. The van der Waals surface area contributed by atoms with Crippen LogP contribution in [0, 0.1) is 0 Å². The topological polar surface area (TPSA) is 128 Å². The van der Waals surface area contributed by atoms with E-state index in [0.717, 1.165) is 15.6 Å². The predicted octanol–water partition coefficient (Wildman–Crippen LogP) is -0.313. The summed E-state index contributed by atoms with van der Waals surface area (Å²) in [6, 6.07) is -0.822. The van der Waals surface area contributed by atoms with E-state index in [9.17, 15) is 18.0 Å². The van der Waals surface area contributed by atoms with Gasteiger partial charge in [0.05, 0.1) is 20.3 Å². The Morgan fingerprint density at radius 2 is 2.17 bits per heavy atom. The highest BCUT2D eigenvalue weighted by atomic mass is 32.2. The molecule has 1 aliphatic rings. The van der Waals surface area contributed by atoms with Gasteiger partial charge in [-0.2, -0.15) is 17.4 Å². The first kappa shape index (κ1) is 18.7. The molecule has 134 valence electrons. The van der Waals surface area contributed by atoms with Gasteiger partial charge in [0.1, 0.15) is 11.0 Å². The van der Waals surface area contributed by atoms with Gasteiger partial charge in [0.25, 0.3) is 10.2 Å². The van der Waals surface area contributed by atoms with E-state index in [-0.39, 0.29) is 24.7 Å². The lowest BCUT2D eigenvalue weighted by Gasteiger charge is -2.21. The number of esters is 2. The smallest absolute Gasteiger partial charge is 0.369 e. The average Bonchev–Trinajstić information content (AvgIpc) is 3.22.